The van der Waals surface area contributed by atoms with Crippen molar-refractivity contribution in [3.05, 3.63) is 65.2 Å². The van der Waals surface area contributed by atoms with E-state index in [0.29, 0.717) is 12.5 Å². The second-order valence-electron chi connectivity index (χ2n) is 7.47. The first-order valence-electron chi connectivity index (χ1n) is 9.52. The Morgan fingerprint density at radius 2 is 1.81 bits per heavy atom. The predicted molar refractivity (Wildman–Crippen MR) is 126 cm³/mol. The Morgan fingerprint density at radius 1 is 1.11 bits per heavy atom. The molecule has 5 heteroatoms. The zero-order valence-corrected chi connectivity index (χ0v) is 18.6. The number of rotatable bonds is 5. The van der Waals surface area contributed by atoms with E-state index in [2.05, 4.69) is 65.5 Å². The Balaban J connectivity index is 0.00000261. The lowest BCUT2D eigenvalue weighted by Crippen LogP contribution is -2.32. The highest BCUT2D eigenvalue weighted by atomic mass is 127. The van der Waals surface area contributed by atoms with E-state index in [9.17, 15) is 0 Å². The number of nitrogens with one attached hydrogen (secondary N) is 1. The van der Waals surface area contributed by atoms with E-state index in [-0.39, 0.29) is 24.0 Å². The summed E-state index contributed by atoms with van der Waals surface area (Å²) in [5.41, 5.74) is 10.8. The van der Waals surface area contributed by atoms with Gasteiger partial charge >= 0.3 is 0 Å². The highest BCUT2D eigenvalue weighted by Crippen LogP contribution is 2.18. The molecule has 3 rings (SSSR count). The highest BCUT2D eigenvalue weighted by molar-refractivity contribution is 14.0. The SMILES string of the molecule is Cc1cccc(NC(N)=NCc2cccc(CN3CCC(C)CC3)c2)c1.I. The Hall–Kier alpha value is -1.60. The van der Waals surface area contributed by atoms with Gasteiger partial charge in [0.2, 0.25) is 0 Å². The van der Waals surface area contributed by atoms with Crippen molar-refractivity contribution in [1.82, 2.24) is 4.90 Å². The number of aryl methyl sites for hydroxylation is 1. The van der Waals surface area contributed by atoms with Crippen molar-refractivity contribution in [2.75, 3.05) is 18.4 Å². The first-order valence-corrected chi connectivity index (χ1v) is 9.52. The molecule has 3 N–H and O–H groups in total. The molecule has 2 aromatic rings. The molecule has 4 nitrogen and oxygen atoms in total. The maximum Gasteiger partial charge on any atom is 0.193 e. The van der Waals surface area contributed by atoms with Gasteiger partial charge in [-0.2, -0.15) is 0 Å². The van der Waals surface area contributed by atoms with E-state index >= 15 is 0 Å². The first-order chi connectivity index (χ1) is 12.6. The first kappa shape index (κ1) is 21.7. The molecule has 0 aromatic heterocycles. The molecule has 0 atom stereocenters. The number of likely N-dealkylation sites (tertiary alicyclic amines) is 1. The van der Waals surface area contributed by atoms with Crippen molar-refractivity contribution >= 4 is 35.6 Å². The zero-order chi connectivity index (χ0) is 18.4. The van der Waals surface area contributed by atoms with E-state index in [1.807, 2.05) is 12.1 Å². The summed E-state index contributed by atoms with van der Waals surface area (Å²) in [4.78, 5) is 7.04. The summed E-state index contributed by atoms with van der Waals surface area (Å²) >= 11 is 0. The van der Waals surface area contributed by atoms with Crippen LogP contribution in [0.1, 0.15) is 36.5 Å². The number of halogens is 1. The number of nitrogens with two attached hydrogens (primary N) is 1. The number of nitrogens with zero attached hydrogens (tertiary/aromatic N) is 2. The second-order valence-corrected chi connectivity index (χ2v) is 7.47. The third-order valence-electron chi connectivity index (χ3n) is 5.00. The van der Waals surface area contributed by atoms with E-state index in [1.54, 1.807) is 0 Å². The monoisotopic (exact) mass is 478 g/mol. The molecule has 2 aromatic carbocycles. The number of piperidine rings is 1. The van der Waals surface area contributed by atoms with E-state index < -0.39 is 0 Å². The Kier molecular flexibility index (Phi) is 8.57. The van der Waals surface area contributed by atoms with Gasteiger partial charge in [0, 0.05) is 12.2 Å². The van der Waals surface area contributed by atoms with Gasteiger partial charge in [0.15, 0.2) is 5.96 Å². The van der Waals surface area contributed by atoms with Crippen molar-refractivity contribution in [2.24, 2.45) is 16.6 Å². The second kappa shape index (κ2) is 10.7. The molecule has 0 saturated carbocycles. The molecule has 0 unspecified atom stereocenters. The maximum absolute atomic E-state index is 6.03. The standard InChI is InChI=1S/C22H30N4.HI/c1-17-9-11-26(12-10-17)16-20-7-4-6-19(14-20)15-24-22(23)25-21-8-3-5-18(2)13-21;/h3-8,13-14,17H,9-12,15-16H2,1-2H3,(H3,23,24,25);1H. The van der Waals surface area contributed by atoms with Gasteiger partial charge in [-0.3, -0.25) is 4.90 Å². The lowest BCUT2D eigenvalue weighted by atomic mass is 9.98. The summed E-state index contributed by atoms with van der Waals surface area (Å²) in [6.07, 6.45) is 2.62. The van der Waals surface area contributed by atoms with Crippen LogP contribution in [0.3, 0.4) is 0 Å². The summed E-state index contributed by atoms with van der Waals surface area (Å²) in [5.74, 6) is 1.32. The molecule has 0 spiro atoms. The van der Waals surface area contributed by atoms with Crippen LogP contribution in [0.15, 0.2) is 53.5 Å². The minimum atomic E-state index is 0. The fourth-order valence-corrected chi connectivity index (χ4v) is 3.39. The Labute approximate surface area is 180 Å². The van der Waals surface area contributed by atoms with Crippen molar-refractivity contribution in [1.29, 1.82) is 0 Å². The summed E-state index contributed by atoms with van der Waals surface area (Å²) in [6, 6.07) is 16.8. The third kappa shape index (κ3) is 7.14. The summed E-state index contributed by atoms with van der Waals surface area (Å²) in [6.45, 7) is 8.45. The molecular formula is C22H31IN4. The van der Waals surface area contributed by atoms with Gasteiger partial charge < -0.3 is 11.1 Å². The summed E-state index contributed by atoms with van der Waals surface area (Å²) in [7, 11) is 0. The van der Waals surface area contributed by atoms with Gasteiger partial charge in [0.05, 0.1) is 6.54 Å². The van der Waals surface area contributed by atoms with Crippen molar-refractivity contribution in [3.8, 4) is 0 Å². The predicted octanol–water partition coefficient (Wildman–Crippen LogP) is 4.77. The number of aliphatic imine (C=N–C) groups is 1. The largest absolute Gasteiger partial charge is 0.370 e. The quantitative estimate of drug-likeness (QED) is 0.370. The fraction of sp³-hybridized carbons (Fsp3) is 0.409. The van der Waals surface area contributed by atoms with Gasteiger partial charge in [-0.1, -0.05) is 43.3 Å². The van der Waals surface area contributed by atoms with Gasteiger partial charge in [0.25, 0.3) is 0 Å². The average Bonchev–Trinajstić information content (AvgIpc) is 2.62. The van der Waals surface area contributed by atoms with Gasteiger partial charge in [-0.25, -0.2) is 4.99 Å². The van der Waals surface area contributed by atoms with Crippen LogP contribution < -0.4 is 11.1 Å². The number of hydrogen-bond acceptors (Lipinski definition) is 2. The van der Waals surface area contributed by atoms with Crippen LogP contribution >= 0.6 is 24.0 Å². The molecule has 0 aliphatic carbocycles. The van der Waals surface area contributed by atoms with E-state index in [1.165, 1.54) is 42.6 Å². The number of anilines is 1. The van der Waals surface area contributed by atoms with Crippen LogP contribution in [-0.2, 0) is 13.1 Å². The average molecular weight is 478 g/mol. The molecule has 0 radical (unpaired) electrons. The van der Waals surface area contributed by atoms with Crippen LogP contribution in [-0.4, -0.2) is 23.9 Å². The molecule has 1 aliphatic heterocycles. The minimum absolute atomic E-state index is 0. The topological polar surface area (TPSA) is 53.6 Å². The van der Waals surface area contributed by atoms with Crippen LogP contribution in [0.25, 0.3) is 0 Å². The van der Waals surface area contributed by atoms with Crippen molar-refractivity contribution < 1.29 is 0 Å². The molecule has 0 bridgehead atoms. The Bertz CT molecular complexity index is 751. The minimum Gasteiger partial charge on any atom is -0.370 e. The van der Waals surface area contributed by atoms with Crippen LogP contribution in [0, 0.1) is 12.8 Å². The number of benzene rings is 2. The fourth-order valence-electron chi connectivity index (χ4n) is 3.39. The van der Waals surface area contributed by atoms with Crippen LogP contribution in [0.4, 0.5) is 5.69 Å². The zero-order valence-electron chi connectivity index (χ0n) is 16.3. The van der Waals surface area contributed by atoms with E-state index in [4.69, 9.17) is 5.73 Å². The van der Waals surface area contributed by atoms with Crippen molar-refractivity contribution in [3.63, 3.8) is 0 Å². The molecular weight excluding hydrogens is 447 g/mol. The van der Waals surface area contributed by atoms with Gasteiger partial charge in [-0.05, 0) is 67.6 Å². The molecule has 27 heavy (non-hydrogen) atoms. The molecule has 0 amide bonds. The normalized spacial score (nSPS) is 16.0. The summed E-state index contributed by atoms with van der Waals surface area (Å²) in [5, 5.41) is 3.16. The van der Waals surface area contributed by atoms with Crippen molar-refractivity contribution in [2.45, 2.75) is 39.8 Å². The molecule has 1 heterocycles. The highest BCUT2D eigenvalue weighted by Gasteiger charge is 2.15. The Morgan fingerprint density at radius 3 is 2.56 bits per heavy atom. The van der Waals surface area contributed by atoms with Crippen LogP contribution in [0.5, 0.6) is 0 Å². The third-order valence-corrected chi connectivity index (χ3v) is 5.00. The maximum atomic E-state index is 6.03. The lowest BCUT2D eigenvalue weighted by molar-refractivity contribution is 0.185. The van der Waals surface area contributed by atoms with Crippen LogP contribution in [0.2, 0.25) is 0 Å². The number of hydrogen-bond donors (Lipinski definition) is 2. The van der Waals surface area contributed by atoms with Gasteiger partial charge in [-0.15, -0.1) is 24.0 Å². The van der Waals surface area contributed by atoms with Gasteiger partial charge in [0.1, 0.15) is 0 Å². The smallest absolute Gasteiger partial charge is 0.193 e. The lowest BCUT2D eigenvalue weighted by Gasteiger charge is -2.30. The summed E-state index contributed by atoms with van der Waals surface area (Å²) < 4.78 is 0. The molecule has 1 aliphatic rings. The van der Waals surface area contributed by atoms with E-state index in [0.717, 1.165) is 18.2 Å². The molecule has 146 valence electrons. The molecule has 1 saturated heterocycles. The molecule has 1 fully saturated rings. The number of guanidine groups is 1.